The molecule has 1 aliphatic carbocycles. The second kappa shape index (κ2) is 11.5. The third kappa shape index (κ3) is 5.45. The van der Waals surface area contributed by atoms with E-state index >= 15 is 0 Å². The van der Waals surface area contributed by atoms with Crippen LogP contribution in [-0.2, 0) is 28.5 Å². The van der Waals surface area contributed by atoms with Crippen LogP contribution in [0.25, 0.3) is 0 Å². The molecule has 0 spiro atoms. The smallest absolute Gasteiger partial charge is 0.193 e. The van der Waals surface area contributed by atoms with Crippen molar-refractivity contribution in [2.24, 2.45) is 22.9 Å². The Bertz CT molecular complexity index is 767. The van der Waals surface area contributed by atoms with E-state index in [1.54, 1.807) is 7.05 Å². The van der Waals surface area contributed by atoms with Gasteiger partial charge < -0.3 is 72.4 Å². The number of aliphatic hydroxyl groups excluding tert-OH is 4. The SMILES string of the molecule is CNC1C(OC2CC(O)[C@H](N)C(CO)O2)O[C@H]2CC(N)[C@@H](O[C@H]3C(=O)C(O)[C@H](N)CC3N)OC2C1O. The molecule has 15 heteroatoms. The number of hydrogen-bond donors (Lipinski definition) is 9. The summed E-state index contributed by atoms with van der Waals surface area (Å²) in [6.07, 6.45) is -9.67. The summed E-state index contributed by atoms with van der Waals surface area (Å²) >= 11 is 0. The van der Waals surface area contributed by atoms with Crippen LogP contribution in [0.3, 0.4) is 0 Å². The molecular weight excluding hydrogens is 482 g/mol. The number of aliphatic hydroxyl groups is 4. The van der Waals surface area contributed by atoms with Gasteiger partial charge >= 0.3 is 0 Å². The Balaban J connectivity index is 1.42. The largest absolute Gasteiger partial charge is 0.394 e. The van der Waals surface area contributed by atoms with Gasteiger partial charge in [-0.1, -0.05) is 0 Å². The van der Waals surface area contributed by atoms with Gasteiger partial charge in [0, 0.05) is 18.5 Å². The molecule has 1 saturated carbocycles. The summed E-state index contributed by atoms with van der Waals surface area (Å²) < 4.78 is 29.4. The molecule has 0 aromatic rings. The molecule has 4 rings (SSSR count). The fraction of sp³-hybridized carbons (Fsp3) is 0.952. The van der Waals surface area contributed by atoms with Crippen LogP contribution in [0.1, 0.15) is 19.3 Å². The number of ketones is 1. The summed E-state index contributed by atoms with van der Waals surface area (Å²) in [4.78, 5) is 12.5. The van der Waals surface area contributed by atoms with Gasteiger partial charge in [0.1, 0.15) is 30.5 Å². The van der Waals surface area contributed by atoms with E-state index in [1.165, 1.54) is 0 Å². The molecule has 4 aliphatic rings. The Labute approximate surface area is 208 Å². The van der Waals surface area contributed by atoms with Gasteiger partial charge in [0.25, 0.3) is 0 Å². The molecule has 3 heterocycles. The summed E-state index contributed by atoms with van der Waals surface area (Å²) in [5.74, 6) is -0.642. The molecule has 0 aromatic carbocycles. The minimum Gasteiger partial charge on any atom is -0.394 e. The maximum atomic E-state index is 12.5. The number of Topliss-reactive ketones (excluding diaryl/α,β-unsaturated/α-hetero) is 1. The molecule has 0 aromatic heterocycles. The molecule has 13 N–H and O–H groups in total. The summed E-state index contributed by atoms with van der Waals surface area (Å²) in [6, 6.07) is -3.82. The van der Waals surface area contributed by atoms with Crippen molar-refractivity contribution in [1.82, 2.24) is 5.32 Å². The predicted molar refractivity (Wildman–Crippen MR) is 121 cm³/mol. The second-order valence-corrected chi connectivity index (χ2v) is 9.99. The first-order valence-corrected chi connectivity index (χ1v) is 12.2. The number of nitrogens with one attached hydrogen (secondary N) is 1. The number of nitrogens with two attached hydrogens (primary N) is 4. The normalized spacial score (nSPS) is 52.1. The molecule has 208 valence electrons. The van der Waals surface area contributed by atoms with E-state index in [4.69, 9.17) is 46.6 Å². The lowest BCUT2D eigenvalue weighted by Gasteiger charge is -2.50. The summed E-state index contributed by atoms with van der Waals surface area (Å²) in [7, 11) is 1.60. The van der Waals surface area contributed by atoms with E-state index in [0.717, 1.165) is 0 Å². The van der Waals surface area contributed by atoms with Crippen molar-refractivity contribution in [2.45, 2.75) is 111 Å². The van der Waals surface area contributed by atoms with Crippen molar-refractivity contribution >= 4 is 5.78 Å². The average Bonchev–Trinajstić information content (AvgIpc) is 2.83. The lowest BCUT2D eigenvalue weighted by atomic mass is 9.85. The van der Waals surface area contributed by atoms with Crippen molar-refractivity contribution in [3.63, 3.8) is 0 Å². The zero-order valence-electron chi connectivity index (χ0n) is 20.0. The Morgan fingerprint density at radius 2 is 1.67 bits per heavy atom. The van der Waals surface area contributed by atoms with Gasteiger partial charge in [-0.3, -0.25) is 4.79 Å². The number of likely N-dealkylation sites (N-methyl/N-ethyl adjacent to an activating group) is 1. The zero-order chi connectivity index (χ0) is 26.3. The summed E-state index contributed by atoms with van der Waals surface area (Å²) in [5, 5.41) is 43.8. The van der Waals surface area contributed by atoms with Crippen LogP contribution in [-0.4, -0.2) is 132 Å². The molecule has 3 aliphatic heterocycles. The van der Waals surface area contributed by atoms with Crippen LogP contribution in [0.4, 0.5) is 0 Å². The van der Waals surface area contributed by atoms with Gasteiger partial charge in [0.15, 0.2) is 24.7 Å². The predicted octanol–water partition coefficient (Wildman–Crippen LogP) is -5.71. The lowest BCUT2D eigenvalue weighted by molar-refractivity contribution is -0.358. The van der Waals surface area contributed by atoms with Gasteiger partial charge in [-0.2, -0.15) is 0 Å². The number of carbonyl (C=O) groups excluding carboxylic acids is 1. The molecule has 3 saturated heterocycles. The van der Waals surface area contributed by atoms with Crippen molar-refractivity contribution in [3.05, 3.63) is 0 Å². The topological polar surface area (TPSA) is 260 Å². The van der Waals surface area contributed by atoms with Gasteiger partial charge in [0.2, 0.25) is 0 Å². The van der Waals surface area contributed by atoms with E-state index in [9.17, 15) is 25.2 Å². The fourth-order valence-electron chi connectivity index (χ4n) is 5.28. The van der Waals surface area contributed by atoms with Crippen LogP contribution >= 0.6 is 0 Å². The van der Waals surface area contributed by atoms with E-state index in [0.29, 0.717) is 0 Å². The Morgan fingerprint density at radius 3 is 2.33 bits per heavy atom. The molecule has 15 nitrogen and oxygen atoms in total. The molecule has 4 fully saturated rings. The molecule has 10 unspecified atom stereocenters. The maximum Gasteiger partial charge on any atom is 0.193 e. The van der Waals surface area contributed by atoms with Crippen molar-refractivity contribution < 1.29 is 48.9 Å². The maximum absolute atomic E-state index is 12.5. The molecular formula is C21H39N5O10. The quantitative estimate of drug-likeness (QED) is 0.158. The minimum atomic E-state index is -1.40. The van der Waals surface area contributed by atoms with Crippen LogP contribution in [0.2, 0.25) is 0 Å². The Hall–Kier alpha value is -0.890. The zero-order valence-corrected chi connectivity index (χ0v) is 20.0. The summed E-state index contributed by atoms with van der Waals surface area (Å²) in [5.41, 5.74) is 23.9. The van der Waals surface area contributed by atoms with E-state index in [2.05, 4.69) is 5.32 Å². The van der Waals surface area contributed by atoms with Gasteiger partial charge in [-0.05, 0) is 19.9 Å². The fourth-order valence-corrected chi connectivity index (χ4v) is 5.28. The standard InChI is InChI=1S/C21H39N5O10/c1-26-14-16(30)19-10(33-21(14)34-12-4-9(28)13(25)11(5-27)32-12)3-8(24)20(36-19)35-18-7(23)2-6(22)15(29)17(18)31/h6-16,18-21,26-30H,2-5,22-25H2,1H3/t6-,7?,8?,9?,10+,11?,12?,13+,14?,15?,16?,18-,19?,20+,21?/m1/s1. The highest BCUT2D eigenvalue weighted by Gasteiger charge is 2.53. The number of rotatable bonds is 6. The van der Waals surface area contributed by atoms with Crippen LogP contribution in [0.15, 0.2) is 0 Å². The average molecular weight is 522 g/mol. The van der Waals surface area contributed by atoms with Crippen LogP contribution in [0, 0.1) is 0 Å². The first-order valence-electron chi connectivity index (χ1n) is 12.2. The first-order chi connectivity index (χ1) is 17.0. The second-order valence-electron chi connectivity index (χ2n) is 9.99. The molecule has 0 radical (unpaired) electrons. The van der Waals surface area contributed by atoms with Crippen molar-refractivity contribution in [1.29, 1.82) is 0 Å². The molecule has 15 atom stereocenters. The van der Waals surface area contributed by atoms with E-state index < -0.39 is 104 Å². The third-order valence-corrected chi connectivity index (χ3v) is 7.44. The van der Waals surface area contributed by atoms with Gasteiger partial charge in [-0.15, -0.1) is 0 Å². The number of fused-ring (bicyclic) bond motifs is 1. The van der Waals surface area contributed by atoms with Crippen LogP contribution in [0.5, 0.6) is 0 Å². The Kier molecular flexibility index (Phi) is 8.96. The first kappa shape index (κ1) is 28.1. The van der Waals surface area contributed by atoms with Crippen molar-refractivity contribution in [3.8, 4) is 0 Å². The molecule has 36 heavy (non-hydrogen) atoms. The van der Waals surface area contributed by atoms with E-state index in [1.807, 2.05) is 0 Å². The number of ether oxygens (including phenoxy) is 5. The lowest BCUT2D eigenvalue weighted by Crippen LogP contribution is -2.69. The third-order valence-electron chi connectivity index (χ3n) is 7.44. The number of hydrogen-bond acceptors (Lipinski definition) is 15. The van der Waals surface area contributed by atoms with Gasteiger partial charge in [0.05, 0.1) is 36.9 Å². The highest BCUT2D eigenvalue weighted by Crippen LogP contribution is 2.35. The van der Waals surface area contributed by atoms with Crippen LogP contribution < -0.4 is 28.3 Å². The van der Waals surface area contributed by atoms with E-state index in [-0.39, 0.29) is 19.3 Å². The molecule has 0 bridgehead atoms. The monoisotopic (exact) mass is 521 g/mol. The van der Waals surface area contributed by atoms with Crippen molar-refractivity contribution in [2.75, 3.05) is 13.7 Å². The summed E-state index contributed by atoms with van der Waals surface area (Å²) in [6.45, 7) is -0.396. The Morgan fingerprint density at radius 1 is 0.944 bits per heavy atom. The van der Waals surface area contributed by atoms with Gasteiger partial charge in [-0.25, -0.2) is 0 Å². The molecule has 0 amide bonds. The number of carbonyl (C=O) groups is 1. The highest BCUT2D eigenvalue weighted by molar-refractivity contribution is 5.89. The highest BCUT2D eigenvalue weighted by atomic mass is 16.8. The minimum absolute atomic E-state index is 0.0509.